The fourth-order valence-electron chi connectivity index (χ4n) is 1.75. The third-order valence-electron chi connectivity index (χ3n) is 3.04. The van der Waals surface area contributed by atoms with Crippen LogP contribution in [0, 0.1) is 0 Å². The number of nitrogens with zero attached hydrogens (tertiary/aromatic N) is 3. The fraction of sp³-hybridized carbons (Fsp3) is 0.375. The molecule has 5 heteroatoms. The molecule has 1 aromatic heterocycles. The lowest BCUT2D eigenvalue weighted by Crippen LogP contribution is -2.27. The fourth-order valence-corrected chi connectivity index (χ4v) is 1.96. The Morgan fingerprint density at radius 2 is 2.10 bits per heavy atom. The molecule has 4 nitrogen and oxygen atoms in total. The molecule has 1 unspecified atom stereocenters. The van der Waals surface area contributed by atoms with E-state index in [2.05, 4.69) is 23.2 Å². The van der Waals surface area contributed by atoms with E-state index >= 15 is 0 Å². The maximum atomic E-state index is 10.4. The van der Waals surface area contributed by atoms with Crippen LogP contribution in [0.25, 0.3) is 5.70 Å². The smallest absolute Gasteiger partial charge is 0.138 e. The van der Waals surface area contributed by atoms with Gasteiger partial charge in [-0.25, -0.2) is 9.67 Å². The van der Waals surface area contributed by atoms with Gasteiger partial charge in [0.1, 0.15) is 18.8 Å². The maximum absolute atomic E-state index is 10.4. The summed E-state index contributed by atoms with van der Waals surface area (Å²) in [5, 5.41) is 14.5. The van der Waals surface area contributed by atoms with Gasteiger partial charge in [0.25, 0.3) is 0 Å². The summed E-state index contributed by atoms with van der Waals surface area (Å²) in [6, 6.07) is 0. The summed E-state index contributed by atoms with van der Waals surface area (Å²) < 4.78 is 1.52. The van der Waals surface area contributed by atoms with Crippen LogP contribution in [0.4, 0.5) is 0 Å². The van der Waals surface area contributed by atoms with Gasteiger partial charge in [0, 0.05) is 0 Å². The Bertz CT molecular complexity index is 528. The van der Waals surface area contributed by atoms with Crippen molar-refractivity contribution in [1.29, 1.82) is 0 Å². The van der Waals surface area contributed by atoms with E-state index in [0.29, 0.717) is 5.70 Å². The second-order valence-corrected chi connectivity index (χ2v) is 5.21. The summed E-state index contributed by atoms with van der Waals surface area (Å²) in [5.41, 5.74) is 1.40. The average Bonchev–Trinajstić information content (AvgIpc) is 3.05. The van der Waals surface area contributed by atoms with Gasteiger partial charge in [-0.2, -0.15) is 5.10 Å². The van der Waals surface area contributed by atoms with Gasteiger partial charge in [-0.3, -0.25) is 0 Å². The quantitative estimate of drug-likeness (QED) is 0.645. The normalized spacial score (nSPS) is 18.3. The van der Waals surface area contributed by atoms with Crippen LogP contribution in [0.2, 0.25) is 0 Å². The molecule has 0 aromatic carbocycles. The summed E-state index contributed by atoms with van der Waals surface area (Å²) in [7, 11) is 0. The average molecular weight is 308 g/mol. The van der Waals surface area contributed by atoms with Crippen LogP contribution in [0.5, 0.6) is 0 Å². The van der Waals surface area contributed by atoms with Gasteiger partial charge in [-0.15, -0.1) is 11.6 Å². The summed E-state index contributed by atoms with van der Waals surface area (Å²) >= 11 is 6.29. The number of rotatable bonds is 6. The molecule has 21 heavy (non-hydrogen) atoms. The van der Waals surface area contributed by atoms with Gasteiger partial charge in [0.05, 0.1) is 10.6 Å². The molecule has 1 atom stereocenters. The molecule has 0 amide bonds. The topological polar surface area (TPSA) is 50.9 Å². The molecule has 1 N–H and O–H groups in total. The summed E-state index contributed by atoms with van der Waals surface area (Å²) in [4.78, 5) is 3.31. The molecule has 114 valence electrons. The summed E-state index contributed by atoms with van der Waals surface area (Å²) in [6.45, 7) is 11.4. The van der Waals surface area contributed by atoms with Crippen LogP contribution in [-0.2, 0) is 0 Å². The largest absolute Gasteiger partial charge is 0.385 e. The zero-order chi connectivity index (χ0) is 15.9. The minimum absolute atomic E-state index is 0.581. The number of aliphatic hydroxyl groups is 1. The molecule has 1 aliphatic carbocycles. The first-order valence-corrected chi connectivity index (χ1v) is 7.37. The molecule has 2 rings (SSSR count). The molecule has 0 spiro atoms. The Morgan fingerprint density at radius 1 is 1.43 bits per heavy atom. The van der Waals surface area contributed by atoms with Crippen LogP contribution in [0.15, 0.2) is 55.7 Å². The number of aliphatic hydroxyl groups excluding tert-OH is 1. The molecular formula is C16H22ClN3O. The van der Waals surface area contributed by atoms with E-state index in [1.807, 2.05) is 13.8 Å². The number of hydrogen-bond acceptors (Lipinski definition) is 3. The van der Waals surface area contributed by atoms with Gasteiger partial charge < -0.3 is 5.11 Å². The van der Waals surface area contributed by atoms with E-state index in [9.17, 15) is 5.11 Å². The summed E-state index contributed by atoms with van der Waals surface area (Å²) in [6.07, 6.45) is 10.6. The highest BCUT2D eigenvalue weighted by Crippen LogP contribution is 2.48. The van der Waals surface area contributed by atoms with Gasteiger partial charge in [-0.1, -0.05) is 45.2 Å². The van der Waals surface area contributed by atoms with E-state index in [1.54, 1.807) is 24.3 Å². The third kappa shape index (κ3) is 4.41. The predicted octanol–water partition coefficient (Wildman–Crippen LogP) is 3.58. The Kier molecular flexibility index (Phi) is 6.59. The minimum atomic E-state index is -0.802. The van der Waals surface area contributed by atoms with Gasteiger partial charge in [-0.05, 0) is 24.5 Å². The van der Waals surface area contributed by atoms with Crippen LogP contribution in [0.3, 0.4) is 0 Å². The van der Waals surface area contributed by atoms with E-state index in [0.717, 1.165) is 18.4 Å². The Hall–Kier alpha value is -1.65. The lowest BCUT2D eigenvalue weighted by atomic mass is 10.1. The van der Waals surface area contributed by atoms with Crippen LogP contribution in [-0.4, -0.2) is 30.8 Å². The van der Waals surface area contributed by atoms with E-state index in [4.69, 9.17) is 11.6 Å². The molecule has 0 bridgehead atoms. The zero-order valence-corrected chi connectivity index (χ0v) is 13.3. The van der Waals surface area contributed by atoms with Crippen molar-refractivity contribution in [3.8, 4) is 0 Å². The van der Waals surface area contributed by atoms with Crippen LogP contribution >= 0.6 is 11.6 Å². The highest BCUT2D eigenvalue weighted by Gasteiger charge is 2.49. The summed E-state index contributed by atoms with van der Waals surface area (Å²) in [5.74, 6) is 0. The van der Waals surface area contributed by atoms with Gasteiger partial charge >= 0.3 is 0 Å². The molecular weight excluding hydrogens is 286 g/mol. The van der Waals surface area contributed by atoms with Crippen molar-refractivity contribution < 1.29 is 5.11 Å². The Labute approximate surface area is 131 Å². The second-order valence-electron chi connectivity index (χ2n) is 4.45. The third-order valence-corrected chi connectivity index (χ3v) is 3.63. The SMILES string of the molecule is C=C/C=C(C=C)/C=C(/C(O)C1(Cl)CC1)n1cncn1.CC. The molecule has 1 saturated carbocycles. The van der Waals surface area contributed by atoms with Crippen LogP contribution < -0.4 is 0 Å². The van der Waals surface area contributed by atoms with Crippen molar-refractivity contribution >= 4 is 17.3 Å². The minimum Gasteiger partial charge on any atom is -0.385 e. The van der Waals surface area contributed by atoms with E-state index in [-0.39, 0.29) is 0 Å². The van der Waals surface area contributed by atoms with E-state index in [1.165, 1.54) is 17.3 Å². The standard InChI is InChI=1S/C14H16ClN3O.C2H6/c1-3-5-11(4-2)8-12(18-10-16-9-17-18)13(19)14(15)6-7-14;1-2/h3-5,8-10,13,19H,1-2,6-7H2;1-2H3/b11-5+,12-8-;. The lowest BCUT2D eigenvalue weighted by molar-refractivity contribution is 0.212. The zero-order valence-electron chi connectivity index (χ0n) is 12.5. The van der Waals surface area contributed by atoms with Gasteiger partial charge in [0.2, 0.25) is 0 Å². The number of hydrogen-bond donors (Lipinski definition) is 1. The Morgan fingerprint density at radius 3 is 2.52 bits per heavy atom. The van der Waals surface area contributed by atoms with Crippen LogP contribution in [0.1, 0.15) is 26.7 Å². The molecule has 1 fully saturated rings. The van der Waals surface area contributed by atoms with Crippen molar-refractivity contribution in [3.05, 3.63) is 55.7 Å². The monoisotopic (exact) mass is 307 g/mol. The number of halogens is 1. The van der Waals surface area contributed by atoms with Crippen molar-refractivity contribution in [2.75, 3.05) is 0 Å². The molecule has 1 aliphatic rings. The second kappa shape index (κ2) is 7.96. The van der Waals surface area contributed by atoms with E-state index < -0.39 is 11.0 Å². The number of allylic oxidation sites excluding steroid dienone is 5. The number of aromatic nitrogens is 3. The Balaban J connectivity index is 0.00000106. The maximum Gasteiger partial charge on any atom is 0.138 e. The molecule has 0 saturated heterocycles. The van der Waals surface area contributed by atoms with Crippen molar-refractivity contribution in [2.45, 2.75) is 37.7 Å². The van der Waals surface area contributed by atoms with Crippen molar-refractivity contribution in [2.24, 2.45) is 0 Å². The lowest BCUT2D eigenvalue weighted by Gasteiger charge is -2.19. The first-order valence-electron chi connectivity index (χ1n) is 6.99. The number of alkyl halides is 1. The molecule has 1 aromatic rings. The van der Waals surface area contributed by atoms with Gasteiger partial charge in [0.15, 0.2) is 0 Å². The highest BCUT2D eigenvalue weighted by molar-refractivity contribution is 6.27. The molecule has 0 radical (unpaired) electrons. The first kappa shape index (κ1) is 17.4. The highest BCUT2D eigenvalue weighted by atomic mass is 35.5. The predicted molar refractivity (Wildman–Crippen MR) is 87.9 cm³/mol. The molecule has 0 aliphatic heterocycles. The molecule has 1 heterocycles. The van der Waals surface area contributed by atoms with Crippen molar-refractivity contribution in [3.63, 3.8) is 0 Å². The van der Waals surface area contributed by atoms with Crippen molar-refractivity contribution in [1.82, 2.24) is 14.8 Å². The first-order chi connectivity index (χ1) is 10.1.